The molecule has 1 unspecified atom stereocenters. The summed E-state index contributed by atoms with van der Waals surface area (Å²) in [6, 6.07) is 16.2. The maximum absolute atomic E-state index is 12.9. The number of aryl methyl sites for hydroxylation is 1. The number of para-hydroxylation sites is 2. The number of carbonyl (C=O) groups excluding carboxylic acids is 2. The second-order valence-electron chi connectivity index (χ2n) is 8.46. The highest BCUT2D eigenvalue weighted by molar-refractivity contribution is 6.00. The molecule has 2 heterocycles. The first kappa shape index (κ1) is 21.4. The lowest BCUT2D eigenvalue weighted by Crippen LogP contribution is -2.46. The van der Waals surface area contributed by atoms with Crippen molar-refractivity contribution in [3.05, 3.63) is 59.7 Å². The fraction of sp³-hybridized carbons (Fsp3) is 0.440. The van der Waals surface area contributed by atoms with Crippen LogP contribution in [0.25, 0.3) is 0 Å². The fourth-order valence-corrected chi connectivity index (χ4v) is 4.29. The minimum Gasteiger partial charge on any atom is -0.479 e. The van der Waals surface area contributed by atoms with Crippen LogP contribution in [0, 0.1) is 6.92 Å². The predicted molar refractivity (Wildman–Crippen MR) is 121 cm³/mol. The summed E-state index contributed by atoms with van der Waals surface area (Å²) < 4.78 is 5.69. The Balaban J connectivity index is 1.32. The summed E-state index contributed by atoms with van der Waals surface area (Å²) in [6.07, 6.45) is 0.761. The zero-order valence-electron chi connectivity index (χ0n) is 18.4. The van der Waals surface area contributed by atoms with Gasteiger partial charge in [-0.05, 0) is 38.0 Å². The summed E-state index contributed by atoms with van der Waals surface area (Å²) in [5.41, 5.74) is 3.33. The number of hydrogen-bond acceptors (Lipinski definition) is 4. The van der Waals surface area contributed by atoms with Gasteiger partial charge in [-0.25, -0.2) is 0 Å². The highest BCUT2D eigenvalue weighted by atomic mass is 16.5. The van der Waals surface area contributed by atoms with Crippen molar-refractivity contribution in [2.24, 2.45) is 0 Å². The number of nitrogens with zero attached hydrogens (tertiary/aromatic N) is 3. The molecule has 2 aromatic rings. The maximum atomic E-state index is 12.9. The zero-order chi connectivity index (χ0) is 21.8. The highest BCUT2D eigenvalue weighted by Crippen LogP contribution is 2.33. The van der Waals surface area contributed by atoms with Crippen molar-refractivity contribution < 1.29 is 14.3 Å². The van der Waals surface area contributed by atoms with Gasteiger partial charge in [-0.3, -0.25) is 14.5 Å². The van der Waals surface area contributed by atoms with E-state index in [-0.39, 0.29) is 11.8 Å². The summed E-state index contributed by atoms with van der Waals surface area (Å²) in [7, 11) is 0. The number of anilines is 1. The van der Waals surface area contributed by atoms with Crippen LogP contribution in [0.2, 0.25) is 0 Å². The van der Waals surface area contributed by atoms with Crippen molar-refractivity contribution in [2.45, 2.75) is 39.3 Å². The minimum absolute atomic E-state index is 0.0911. The van der Waals surface area contributed by atoms with Gasteiger partial charge >= 0.3 is 0 Å². The van der Waals surface area contributed by atoms with Gasteiger partial charge in [0.15, 0.2) is 6.10 Å². The van der Waals surface area contributed by atoms with Gasteiger partial charge in [0.05, 0.1) is 5.69 Å². The molecular formula is C25H31N3O3. The first-order valence-corrected chi connectivity index (χ1v) is 11.1. The normalized spacial score (nSPS) is 19.5. The van der Waals surface area contributed by atoms with E-state index >= 15 is 0 Å². The second-order valence-corrected chi connectivity index (χ2v) is 8.46. The standard InChI is InChI=1S/C25H31N3O3/c1-19-8-10-21(11-9-19)18-26-13-5-14-27(17-16-26)24(29)12-15-28-22-6-3-4-7-23(22)31-20(2)25(28)30/h3-4,6-11,20H,5,12-18H2,1-2H3. The topological polar surface area (TPSA) is 53.1 Å². The van der Waals surface area contributed by atoms with Crippen LogP contribution in [0.5, 0.6) is 5.75 Å². The number of fused-ring (bicyclic) bond motifs is 1. The number of carbonyl (C=O) groups is 2. The van der Waals surface area contributed by atoms with E-state index < -0.39 is 6.10 Å². The molecule has 6 nitrogen and oxygen atoms in total. The van der Waals surface area contributed by atoms with E-state index in [1.165, 1.54) is 11.1 Å². The van der Waals surface area contributed by atoms with E-state index in [1.807, 2.05) is 29.2 Å². The molecule has 31 heavy (non-hydrogen) atoms. The molecule has 6 heteroatoms. The van der Waals surface area contributed by atoms with Crippen LogP contribution in [0.15, 0.2) is 48.5 Å². The summed E-state index contributed by atoms with van der Waals surface area (Å²) in [5.74, 6) is 0.719. The molecule has 164 valence electrons. The van der Waals surface area contributed by atoms with Crippen molar-refractivity contribution in [1.29, 1.82) is 0 Å². The minimum atomic E-state index is -0.529. The largest absolute Gasteiger partial charge is 0.479 e. The van der Waals surface area contributed by atoms with Crippen LogP contribution >= 0.6 is 0 Å². The molecule has 0 bridgehead atoms. The van der Waals surface area contributed by atoms with Gasteiger partial charge in [0.2, 0.25) is 5.91 Å². The Morgan fingerprint density at radius 1 is 1.03 bits per heavy atom. The van der Waals surface area contributed by atoms with E-state index in [9.17, 15) is 9.59 Å². The summed E-state index contributed by atoms with van der Waals surface area (Å²) in [5, 5.41) is 0. The summed E-state index contributed by atoms with van der Waals surface area (Å²) >= 11 is 0. The van der Waals surface area contributed by atoms with Crippen LogP contribution in [0.1, 0.15) is 30.9 Å². The number of ether oxygens (including phenoxy) is 1. The van der Waals surface area contributed by atoms with Crippen molar-refractivity contribution >= 4 is 17.5 Å². The quantitative estimate of drug-likeness (QED) is 0.744. The third-order valence-electron chi connectivity index (χ3n) is 6.09. The number of hydrogen-bond donors (Lipinski definition) is 0. The van der Waals surface area contributed by atoms with Gasteiger partial charge in [-0.15, -0.1) is 0 Å². The SMILES string of the molecule is Cc1ccc(CN2CCCN(C(=O)CCN3C(=O)C(C)Oc4ccccc43)CC2)cc1. The molecule has 2 amide bonds. The van der Waals surface area contributed by atoms with Crippen molar-refractivity contribution in [3.63, 3.8) is 0 Å². The molecular weight excluding hydrogens is 390 g/mol. The van der Waals surface area contributed by atoms with Gasteiger partial charge in [-0.1, -0.05) is 42.0 Å². The highest BCUT2D eigenvalue weighted by Gasteiger charge is 2.31. The average Bonchev–Trinajstić information content (AvgIpc) is 3.01. The molecule has 4 rings (SSSR count). The molecule has 0 saturated carbocycles. The molecule has 1 saturated heterocycles. The smallest absolute Gasteiger partial charge is 0.267 e. The molecule has 0 spiro atoms. The molecule has 1 atom stereocenters. The van der Waals surface area contributed by atoms with E-state index in [4.69, 9.17) is 4.74 Å². The van der Waals surface area contributed by atoms with Gasteiger partial charge in [0.25, 0.3) is 5.91 Å². The van der Waals surface area contributed by atoms with Gasteiger partial charge < -0.3 is 14.5 Å². The van der Waals surface area contributed by atoms with Gasteiger partial charge in [-0.2, -0.15) is 0 Å². The fourth-order valence-electron chi connectivity index (χ4n) is 4.29. The number of amides is 2. The molecule has 2 aliphatic rings. The Labute approximate surface area is 184 Å². The molecule has 0 N–H and O–H groups in total. The lowest BCUT2D eigenvalue weighted by Gasteiger charge is -2.33. The Bertz CT molecular complexity index is 928. The van der Waals surface area contributed by atoms with Crippen molar-refractivity contribution in [1.82, 2.24) is 9.80 Å². The van der Waals surface area contributed by atoms with Crippen LogP contribution in [0.3, 0.4) is 0 Å². The Kier molecular flexibility index (Phi) is 6.56. The lowest BCUT2D eigenvalue weighted by atomic mass is 10.1. The number of benzene rings is 2. The molecule has 0 radical (unpaired) electrons. The number of rotatable bonds is 5. The summed E-state index contributed by atoms with van der Waals surface area (Å²) in [6.45, 7) is 8.52. The molecule has 0 aromatic heterocycles. The maximum Gasteiger partial charge on any atom is 0.267 e. The van der Waals surface area contributed by atoms with E-state index in [1.54, 1.807) is 11.8 Å². The Hall–Kier alpha value is -2.86. The molecule has 1 fully saturated rings. The van der Waals surface area contributed by atoms with Crippen LogP contribution in [-0.2, 0) is 16.1 Å². The van der Waals surface area contributed by atoms with E-state index in [2.05, 4.69) is 36.1 Å². The van der Waals surface area contributed by atoms with Crippen LogP contribution in [-0.4, -0.2) is 60.4 Å². The van der Waals surface area contributed by atoms with Crippen LogP contribution < -0.4 is 9.64 Å². The second kappa shape index (κ2) is 9.52. The van der Waals surface area contributed by atoms with Crippen molar-refractivity contribution in [3.8, 4) is 5.75 Å². The predicted octanol–water partition coefficient (Wildman–Crippen LogP) is 3.23. The van der Waals surface area contributed by atoms with Gasteiger partial charge in [0.1, 0.15) is 5.75 Å². The zero-order valence-corrected chi connectivity index (χ0v) is 18.4. The monoisotopic (exact) mass is 421 g/mol. The first-order valence-electron chi connectivity index (χ1n) is 11.1. The summed E-state index contributed by atoms with van der Waals surface area (Å²) in [4.78, 5) is 31.6. The molecule has 2 aliphatic heterocycles. The molecule has 2 aromatic carbocycles. The Morgan fingerprint density at radius 3 is 2.61 bits per heavy atom. The van der Waals surface area contributed by atoms with E-state index in [0.29, 0.717) is 18.7 Å². The third-order valence-corrected chi connectivity index (χ3v) is 6.09. The first-order chi connectivity index (χ1) is 15.0. The third kappa shape index (κ3) is 5.07. The van der Waals surface area contributed by atoms with Crippen molar-refractivity contribution in [2.75, 3.05) is 37.6 Å². The lowest BCUT2D eigenvalue weighted by molar-refractivity contribution is -0.131. The average molecular weight is 422 g/mol. The van der Waals surface area contributed by atoms with Gasteiger partial charge in [0, 0.05) is 45.7 Å². The van der Waals surface area contributed by atoms with Crippen LogP contribution in [0.4, 0.5) is 5.69 Å². The molecule has 0 aliphatic carbocycles. The van der Waals surface area contributed by atoms with E-state index in [0.717, 1.165) is 44.8 Å². The Morgan fingerprint density at radius 2 is 1.81 bits per heavy atom.